The molecule has 2 N–H and O–H groups in total. The van der Waals surface area contributed by atoms with E-state index in [1.807, 2.05) is 60.6 Å². The van der Waals surface area contributed by atoms with Gasteiger partial charge < -0.3 is 14.7 Å². The van der Waals surface area contributed by atoms with E-state index in [0.717, 1.165) is 16.4 Å². The number of aliphatic carboxylic acids is 1. The number of nitrogens with zero attached hydrogens (tertiary/aromatic N) is 1. The van der Waals surface area contributed by atoms with E-state index in [1.54, 1.807) is 6.92 Å². The van der Waals surface area contributed by atoms with Crippen molar-refractivity contribution in [1.29, 1.82) is 1.43 Å². The first-order chi connectivity index (χ1) is 17.2. The van der Waals surface area contributed by atoms with Crippen LogP contribution in [0.4, 0.5) is 0 Å². The molecule has 1 saturated heterocycles. The fourth-order valence-electron chi connectivity index (χ4n) is 4.66. The second-order valence-electron chi connectivity index (χ2n) is 11.0. The van der Waals surface area contributed by atoms with Crippen LogP contribution in [0.2, 0.25) is 1.41 Å². The lowest BCUT2D eigenvalue weighted by atomic mass is 9.91. The Morgan fingerprint density at radius 1 is 1.23 bits per heavy atom. The van der Waals surface area contributed by atoms with Gasteiger partial charge in [-0.3, -0.25) is 14.9 Å². The minimum Gasteiger partial charge on any atom is -0.480 e. The molecule has 0 aromatic heterocycles. The third-order valence-corrected chi connectivity index (χ3v) is 7.04. The Morgan fingerprint density at radius 2 is 1.91 bits per heavy atom. The Kier molecular flexibility index (Phi) is 8.82. The molecule has 1 amide bonds. The molecule has 1 unspecified atom stereocenters. The normalized spacial score (nSPS) is 20.7. The standard InChI is InChI=1S/C28H44N2O5/c1-9-22(25(31)30-24(26(32)33)12-13-28(30,7)8)29-23(27(34)35-16-17(2)3)15-20(6)21-11-10-18(4)19(5)14-21/h10-11,14,17,20,22-24,29H,9,12-13,15-16H2,1-8H3,(H,32,33)/t20?,22-,23-,24-/m0/s1/i/hD2. The van der Waals surface area contributed by atoms with Gasteiger partial charge in [0.2, 0.25) is 5.91 Å². The minimum absolute atomic E-state index is 0.0642. The Balaban J connectivity index is 2.38. The number of aryl methyl sites for hydroxylation is 2. The van der Waals surface area contributed by atoms with Gasteiger partial charge in [-0.05, 0) is 81.9 Å². The van der Waals surface area contributed by atoms with Gasteiger partial charge in [-0.2, -0.15) is 0 Å². The van der Waals surface area contributed by atoms with Gasteiger partial charge in [-0.25, -0.2) is 4.79 Å². The van der Waals surface area contributed by atoms with Gasteiger partial charge in [0.05, 0.1) is 12.6 Å². The molecule has 35 heavy (non-hydrogen) atoms. The van der Waals surface area contributed by atoms with Gasteiger partial charge >= 0.3 is 11.9 Å². The van der Waals surface area contributed by atoms with Crippen molar-refractivity contribution >= 4 is 17.8 Å². The number of carboxylic acid groups (broad SMARTS) is 1. The number of ether oxygens (including phenoxy) is 1. The molecule has 7 heteroatoms. The monoisotopic (exact) mass is 490 g/mol. The average Bonchev–Trinajstić information content (AvgIpc) is 3.16. The molecule has 2 rings (SSSR count). The summed E-state index contributed by atoms with van der Waals surface area (Å²) in [5.74, 6) is -1.68. The maximum absolute atomic E-state index is 13.8. The van der Waals surface area contributed by atoms with E-state index >= 15 is 0 Å². The van der Waals surface area contributed by atoms with Crippen LogP contribution in [0.1, 0.15) is 89.8 Å². The Hall–Kier alpha value is -2.41. The average molecular weight is 491 g/mol. The van der Waals surface area contributed by atoms with E-state index in [2.05, 4.69) is 11.2 Å². The lowest BCUT2D eigenvalue weighted by Gasteiger charge is -2.37. The molecule has 1 fully saturated rings. The number of carbonyl (C=O) groups is 3. The summed E-state index contributed by atoms with van der Waals surface area (Å²) < 4.78 is 21.6. The number of carboxylic acids is 1. The zero-order valence-corrected chi connectivity index (χ0v) is 22.6. The van der Waals surface area contributed by atoms with Crippen molar-refractivity contribution in [3.8, 4) is 0 Å². The summed E-state index contributed by atoms with van der Waals surface area (Å²) in [5.41, 5.74) is 2.73. The molecule has 196 valence electrons. The van der Waals surface area contributed by atoms with Crippen LogP contribution in [-0.4, -0.2) is 58.1 Å². The molecule has 7 nitrogen and oxygen atoms in total. The van der Waals surface area contributed by atoms with Crippen LogP contribution in [-0.2, 0) is 19.1 Å². The number of esters is 1. The van der Waals surface area contributed by atoms with E-state index in [-0.39, 0.29) is 24.9 Å². The maximum Gasteiger partial charge on any atom is 0.326 e. The summed E-state index contributed by atoms with van der Waals surface area (Å²) in [6.45, 7) is 15.7. The Labute approximate surface area is 213 Å². The zero-order chi connectivity index (χ0) is 28.1. The molecule has 0 spiro atoms. The topological polar surface area (TPSA) is 95.9 Å². The molecule has 0 radical (unpaired) electrons. The fraction of sp³-hybridized carbons (Fsp3) is 0.679. The number of nitrogens with one attached hydrogen (secondary N) is 1. The van der Waals surface area contributed by atoms with Gasteiger partial charge in [0.25, 0.3) is 1.43 Å². The number of likely N-dealkylation sites (tertiary alicyclic amines) is 1. The predicted molar refractivity (Wildman–Crippen MR) is 137 cm³/mol. The molecule has 0 saturated carbocycles. The summed E-state index contributed by atoms with van der Waals surface area (Å²) in [4.78, 5) is 40.9. The summed E-state index contributed by atoms with van der Waals surface area (Å²) >= 11 is 0. The quantitative estimate of drug-likeness (QED) is 0.441. The van der Waals surface area contributed by atoms with Crippen LogP contribution in [0.5, 0.6) is 0 Å². The summed E-state index contributed by atoms with van der Waals surface area (Å²) in [6, 6.07) is 3.34. The second-order valence-corrected chi connectivity index (χ2v) is 11.0. The molecule has 0 bridgehead atoms. The summed E-state index contributed by atoms with van der Waals surface area (Å²) in [6.07, 6.45) is 1.52. The molecule has 4 atom stereocenters. The highest BCUT2D eigenvalue weighted by Gasteiger charge is 2.47. The third-order valence-electron chi connectivity index (χ3n) is 7.04. The minimum atomic E-state index is -0.975. The number of benzene rings is 1. The molecule has 1 aliphatic rings. The van der Waals surface area contributed by atoms with E-state index in [4.69, 9.17) is 7.58 Å². The smallest absolute Gasteiger partial charge is 0.326 e. The van der Waals surface area contributed by atoms with Gasteiger partial charge in [0.15, 0.2) is 0 Å². The highest BCUT2D eigenvalue weighted by molar-refractivity contribution is 5.89. The van der Waals surface area contributed by atoms with E-state index in [9.17, 15) is 14.4 Å². The SMILES string of the molecule is [2H]OC(=O)[C@@H]1CCC(C)(C)N1C(=O)[C@H](CC)N([2H])[C@@H](CC(C)c1ccc(C)c(C)c1)C(=O)OCC(C)C. The van der Waals surface area contributed by atoms with E-state index in [1.165, 1.54) is 10.5 Å². The first kappa shape index (κ1) is 25.7. The van der Waals surface area contributed by atoms with Crippen molar-refractivity contribution in [2.75, 3.05) is 6.61 Å². The first-order valence-corrected chi connectivity index (χ1v) is 12.8. The third kappa shape index (κ3) is 7.29. The van der Waals surface area contributed by atoms with Crippen LogP contribution in [0, 0.1) is 19.8 Å². The van der Waals surface area contributed by atoms with Gasteiger partial charge in [0.1, 0.15) is 13.5 Å². The maximum atomic E-state index is 13.8. The van der Waals surface area contributed by atoms with E-state index in [0.29, 0.717) is 19.3 Å². The van der Waals surface area contributed by atoms with Crippen LogP contribution in [0.3, 0.4) is 0 Å². The van der Waals surface area contributed by atoms with Crippen LogP contribution < -0.4 is 5.31 Å². The van der Waals surface area contributed by atoms with Crippen molar-refractivity contribution in [3.63, 3.8) is 0 Å². The Morgan fingerprint density at radius 3 is 2.49 bits per heavy atom. The van der Waals surface area contributed by atoms with Gasteiger partial charge in [0, 0.05) is 5.54 Å². The van der Waals surface area contributed by atoms with Crippen molar-refractivity contribution < 1.29 is 25.6 Å². The Bertz CT molecular complexity index is 968. The van der Waals surface area contributed by atoms with Crippen molar-refractivity contribution in [1.82, 2.24) is 10.2 Å². The number of hydrogen-bond donors (Lipinski definition) is 2. The molecule has 1 aliphatic heterocycles. The number of rotatable bonds is 11. The molecular weight excluding hydrogens is 444 g/mol. The van der Waals surface area contributed by atoms with Crippen molar-refractivity contribution in [2.24, 2.45) is 5.92 Å². The molecule has 1 heterocycles. The number of hydrogen-bond acceptors (Lipinski definition) is 6. The second kappa shape index (κ2) is 12.0. The van der Waals surface area contributed by atoms with Crippen LogP contribution in [0.25, 0.3) is 1.43 Å². The molecule has 1 aromatic carbocycles. The lowest BCUT2D eigenvalue weighted by molar-refractivity contribution is -0.154. The zero-order valence-electron chi connectivity index (χ0n) is 24.6. The lowest BCUT2D eigenvalue weighted by Crippen LogP contribution is -2.58. The fourth-order valence-corrected chi connectivity index (χ4v) is 4.66. The number of amides is 1. The summed E-state index contributed by atoms with van der Waals surface area (Å²) in [7, 11) is 0. The van der Waals surface area contributed by atoms with Gasteiger partial charge in [-0.1, -0.05) is 45.9 Å². The van der Waals surface area contributed by atoms with Crippen molar-refractivity contribution in [2.45, 2.75) is 111 Å². The first-order valence-electron chi connectivity index (χ1n) is 13.6. The predicted octanol–water partition coefficient (Wildman–Crippen LogP) is 4.59. The molecular formula is C28H44N2O5. The van der Waals surface area contributed by atoms with E-state index < -0.39 is 41.5 Å². The van der Waals surface area contributed by atoms with Gasteiger partial charge in [-0.15, -0.1) is 0 Å². The summed E-state index contributed by atoms with van der Waals surface area (Å²) in [5, 5.41) is 5.29. The van der Waals surface area contributed by atoms with Crippen LogP contribution in [0.15, 0.2) is 18.2 Å². The molecule has 0 aliphatic carbocycles. The van der Waals surface area contributed by atoms with Crippen LogP contribution >= 0.6 is 0 Å². The highest BCUT2D eigenvalue weighted by atomic mass is 16.5. The molecule has 1 aromatic rings. The highest BCUT2D eigenvalue weighted by Crippen LogP contribution is 2.34. The van der Waals surface area contributed by atoms with Crippen molar-refractivity contribution in [3.05, 3.63) is 34.9 Å². The largest absolute Gasteiger partial charge is 0.480 e. The number of carbonyl (C=O) groups excluding carboxylic acids is 2.